The van der Waals surface area contributed by atoms with Gasteiger partial charge in [-0.05, 0) is 37.1 Å². The van der Waals surface area contributed by atoms with Gasteiger partial charge in [-0.3, -0.25) is 14.3 Å². The second-order valence-electron chi connectivity index (χ2n) is 8.28. The lowest BCUT2D eigenvalue weighted by atomic mass is 10.1. The molecule has 1 aliphatic rings. The highest BCUT2D eigenvalue weighted by Gasteiger charge is 2.40. The summed E-state index contributed by atoms with van der Waals surface area (Å²) < 4.78 is 40.4. The summed E-state index contributed by atoms with van der Waals surface area (Å²) in [5.74, 6) is -0.000214. The number of fused-ring (bicyclic) bond motifs is 1. The number of hydrogen-bond acceptors (Lipinski definition) is 7. The van der Waals surface area contributed by atoms with E-state index in [1.54, 1.807) is 6.07 Å². The van der Waals surface area contributed by atoms with Crippen molar-refractivity contribution in [3.8, 4) is 5.75 Å². The lowest BCUT2D eigenvalue weighted by Gasteiger charge is -2.18. The van der Waals surface area contributed by atoms with Gasteiger partial charge >= 0.3 is 5.97 Å². The fraction of sp³-hybridized carbons (Fsp3) is 0.375. The van der Waals surface area contributed by atoms with E-state index in [4.69, 9.17) is 9.47 Å². The van der Waals surface area contributed by atoms with Crippen molar-refractivity contribution in [1.82, 2.24) is 14.1 Å². The molecule has 0 saturated carbocycles. The van der Waals surface area contributed by atoms with E-state index in [-0.39, 0.29) is 41.9 Å². The Balaban J connectivity index is 1.68. The summed E-state index contributed by atoms with van der Waals surface area (Å²) in [6.45, 7) is 4.66. The number of para-hydroxylation sites is 1. The van der Waals surface area contributed by atoms with Crippen molar-refractivity contribution in [2.75, 3.05) is 26.8 Å². The number of aldehydes is 1. The first-order valence-electron chi connectivity index (χ1n) is 11.0. The second kappa shape index (κ2) is 9.55. The zero-order valence-electron chi connectivity index (χ0n) is 19.3. The van der Waals surface area contributed by atoms with Gasteiger partial charge in [-0.15, -0.1) is 0 Å². The maximum atomic E-state index is 13.5. The van der Waals surface area contributed by atoms with Crippen LogP contribution >= 0.6 is 0 Å². The van der Waals surface area contributed by atoms with Gasteiger partial charge in [0.25, 0.3) is 0 Å². The van der Waals surface area contributed by atoms with Crippen molar-refractivity contribution in [1.29, 1.82) is 0 Å². The maximum absolute atomic E-state index is 13.5. The lowest BCUT2D eigenvalue weighted by molar-refractivity contribution is -0.139. The third-order valence-electron chi connectivity index (χ3n) is 6.12. The summed E-state index contributed by atoms with van der Waals surface area (Å²) >= 11 is 0. The first-order valence-corrected chi connectivity index (χ1v) is 12.5. The number of carbonyl (C=O) groups excluding carboxylic acids is 2. The summed E-state index contributed by atoms with van der Waals surface area (Å²) in [5.41, 5.74) is 1.48. The van der Waals surface area contributed by atoms with Gasteiger partial charge in [0.15, 0.2) is 6.29 Å². The molecule has 2 aromatic carbocycles. The largest absolute Gasteiger partial charge is 0.494 e. The number of carbonyl (C=O) groups is 2. The summed E-state index contributed by atoms with van der Waals surface area (Å²) in [6, 6.07) is 11.7. The van der Waals surface area contributed by atoms with Crippen LogP contribution in [0, 0.1) is 5.92 Å². The SMILES string of the molecule is CCOc1ccc(S(=O)(=O)N2C[C@@H](C)[C@@H](n3nc(CC(=O)OC)c4ccccc43)C2)c(C=O)c1. The Kier molecular flexibility index (Phi) is 6.72. The van der Waals surface area contributed by atoms with Crippen molar-refractivity contribution < 1.29 is 27.5 Å². The Labute approximate surface area is 198 Å². The van der Waals surface area contributed by atoms with E-state index in [0.29, 0.717) is 24.3 Å². The zero-order chi connectivity index (χ0) is 24.5. The number of sulfonamides is 1. The Hall–Kier alpha value is -3.24. The molecule has 9 nitrogen and oxygen atoms in total. The van der Waals surface area contributed by atoms with Gasteiger partial charge in [-0.2, -0.15) is 9.40 Å². The molecule has 0 spiro atoms. The van der Waals surface area contributed by atoms with Crippen molar-refractivity contribution in [3.05, 3.63) is 53.7 Å². The molecular weight excluding hydrogens is 458 g/mol. The third-order valence-corrected chi connectivity index (χ3v) is 8.03. The third kappa shape index (κ3) is 4.30. The van der Waals surface area contributed by atoms with E-state index >= 15 is 0 Å². The highest BCUT2D eigenvalue weighted by Crippen LogP contribution is 2.35. The molecule has 180 valence electrons. The van der Waals surface area contributed by atoms with E-state index in [1.807, 2.05) is 42.8 Å². The van der Waals surface area contributed by atoms with Crippen molar-refractivity contribution >= 4 is 33.2 Å². The van der Waals surface area contributed by atoms with Gasteiger partial charge in [0, 0.05) is 24.0 Å². The second-order valence-corrected chi connectivity index (χ2v) is 10.2. The monoisotopic (exact) mass is 485 g/mol. The Bertz CT molecular complexity index is 1330. The quantitative estimate of drug-likeness (QED) is 0.357. The smallest absolute Gasteiger partial charge is 0.311 e. The molecule has 0 unspecified atom stereocenters. The Morgan fingerprint density at radius 2 is 1.97 bits per heavy atom. The minimum atomic E-state index is -3.93. The van der Waals surface area contributed by atoms with Gasteiger partial charge < -0.3 is 9.47 Å². The molecule has 0 aliphatic carbocycles. The van der Waals surface area contributed by atoms with E-state index in [2.05, 4.69) is 5.10 Å². The first-order chi connectivity index (χ1) is 16.3. The minimum Gasteiger partial charge on any atom is -0.494 e. The number of ether oxygens (including phenoxy) is 2. The highest BCUT2D eigenvalue weighted by molar-refractivity contribution is 7.89. The summed E-state index contributed by atoms with van der Waals surface area (Å²) in [5, 5.41) is 5.52. The summed E-state index contributed by atoms with van der Waals surface area (Å²) in [6.07, 6.45) is 0.564. The fourth-order valence-electron chi connectivity index (χ4n) is 4.42. The maximum Gasteiger partial charge on any atom is 0.311 e. The molecular formula is C24H27N3O6S. The molecule has 4 rings (SSSR count). The van der Waals surface area contributed by atoms with Crippen LogP contribution in [-0.4, -0.2) is 61.6 Å². The van der Waals surface area contributed by atoms with Crippen LogP contribution in [0.2, 0.25) is 0 Å². The van der Waals surface area contributed by atoms with Crippen molar-refractivity contribution in [2.45, 2.75) is 31.2 Å². The van der Waals surface area contributed by atoms with Crippen LogP contribution in [-0.2, 0) is 26.0 Å². The standard InChI is InChI=1S/C24H27N3O6S/c1-4-33-18-9-10-23(17(11-18)15-28)34(30,31)26-13-16(2)22(14-26)27-21-8-6-5-7-19(21)20(25-27)12-24(29)32-3/h5-11,15-16,22H,4,12-14H2,1-3H3/t16-,22+/m1/s1. The average Bonchev–Trinajstić information content (AvgIpc) is 3.40. The van der Waals surface area contributed by atoms with Crippen LogP contribution in [0.25, 0.3) is 10.9 Å². The van der Waals surface area contributed by atoms with Crippen LogP contribution in [0.5, 0.6) is 5.75 Å². The topological polar surface area (TPSA) is 108 Å². The average molecular weight is 486 g/mol. The van der Waals surface area contributed by atoms with E-state index in [1.165, 1.54) is 23.5 Å². The molecule has 2 heterocycles. The number of benzene rings is 2. The Morgan fingerprint density at radius 3 is 2.68 bits per heavy atom. The molecule has 1 saturated heterocycles. The molecule has 1 aromatic heterocycles. The summed E-state index contributed by atoms with van der Waals surface area (Å²) in [4.78, 5) is 23.5. The predicted molar refractivity (Wildman–Crippen MR) is 125 cm³/mol. The normalized spacial score (nSPS) is 18.8. The van der Waals surface area contributed by atoms with Gasteiger partial charge in [-0.25, -0.2) is 8.42 Å². The Morgan fingerprint density at radius 1 is 1.21 bits per heavy atom. The number of nitrogens with zero attached hydrogens (tertiary/aromatic N) is 3. The van der Waals surface area contributed by atoms with Crippen LogP contribution in [0.4, 0.5) is 0 Å². The number of esters is 1. The molecule has 10 heteroatoms. The molecule has 0 N–H and O–H groups in total. The van der Waals surface area contributed by atoms with E-state index in [9.17, 15) is 18.0 Å². The molecule has 34 heavy (non-hydrogen) atoms. The predicted octanol–water partition coefficient (Wildman–Crippen LogP) is 2.84. The minimum absolute atomic E-state index is 0.0298. The fourth-order valence-corrected chi connectivity index (χ4v) is 6.12. The van der Waals surface area contributed by atoms with Gasteiger partial charge in [0.2, 0.25) is 10.0 Å². The van der Waals surface area contributed by atoms with Gasteiger partial charge in [0.1, 0.15) is 5.75 Å². The molecule has 0 amide bonds. The van der Waals surface area contributed by atoms with Crippen LogP contribution in [0.1, 0.15) is 35.9 Å². The molecule has 3 aromatic rings. The van der Waals surface area contributed by atoms with Crippen molar-refractivity contribution in [3.63, 3.8) is 0 Å². The number of methoxy groups -OCH3 is 1. The van der Waals surface area contributed by atoms with E-state index in [0.717, 1.165) is 10.9 Å². The number of hydrogen-bond donors (Lipinski definition) is 0. The van der Waals surface area contributed by atoms with Crippen LogP contribution in [0.15, 0.2) is 47.4 Å². The lowest BCUT2D eigenvalue weighted by Crippen LogP contribution is -2.30. The summed E-state index contributed by atoms with van der Waals surface area (Å²) in [7, 11) is -2.59. The molecule has 1 fully saturated rings. The molecule has 2 atom stereocenters. The highest BCUT2D eigenvalue weighted by atomic mass is 32.2. The van der Waals surface area contributed by atoms with Gasteiger partial charge in [0.05, 0.1) is 42.3 Å². The van der Waals surface area contributed by atoms with Gasteiger partial charge in [-0.1, -0.05) is 25.1 Å². The molecule has 0 radical (unpaired) electrons. The van der Waals surface area contributed by atoms with Crippen LogP contribution < -0.4 is 4.74 Å². The first kappa shape index (κ1) is 23.9. The number of rotatable bonds is 8. The van der Waals surface area contributed by atoms with Crippen LogP contribution in [0.3, 0.4) is 0 Å². The molecule has 1 aliphatic heterocycles. The van der Waals surface area contributed by atoms with E-state index < -0.39 is 16.0 Å². The van der Waals surface area contributed by atoms with Crippen molar-refractivity contribution in [2.24, 2.45) is 5.92 Å². The number of aromatic nitrogens is 2. The zero-order valence-corrected chi connectivity index (χ0v) is 20.1. The molecule has 0 bridgehead atoms.